The summed E-state index contributed by atoms with van der Waals surface area (Å²) in [6, 6.07) is 11.2. The highest BCUT2D eigenvalue weighted by molar-refractivity contribution is 6.74. The van der Waals surface area contributed by atoms with Gasteiger partial charge in [-0.2, -0.15) is 9.78 Å². The first-order valence-corrected chi connectivity index (χ1v) is 15.1. The third-order valence-corrected chi connectivity index (χ3v) is 11.3. The molecule has 3 rings (SSSR count). The fourth-order valence-electron chi connectivity index (χ4n) is 3.68. The van der Waals surface area contributed by atoms with Gasteiger partial charge in [-0.05, 0) is 42.8 Å². The quantitative estimate of drug-likeness (QED) is 0.383. The van der Waals surface area contributed by atoms with Crippen LogP contribution < -0.4 is 5.32 Å². The van der Waals surface area contributed by atoms with Gasteiger partial charge in [-0.25, -0.2) is 14.6 Å². The van der Waals surface area contributed by atoms with E-state index in [9.17, 15) is 19.5 Å². The van der Waals surface area contributed by atoms with Crippen molar-refractivity contribution in [3.05, 3.63) is 54.2 Å². The summed E-state index contributed by atoms with van der Waals surface area (Å²) in [5.74, 6) is -0.337. The predicted octanol–water partition coefficient (Wildman–Crippen LogP) is 4.94. The van der Waals surface area contributed by atoms with Crippen molar-refractivity contribution in [1.29, 1.82) is 0 Å². The molecule has 0 aliphatic rings. The molecule has 0 spiro atoms. The van der Waals surface area contributed by atoms with Crippen LogP contribution in [-0.4, -0.2) is 70.4 Å². The molecule has 2 unspecified atom stereocenters. The van der Waals surface area contributed by atoms with E-state index in [1.165, 1.54) is 30.3 Å². The zero-order valence-electron chi connectivity index (χ0n) is 22.8. The van der Waals surface area contributed by atoms with Crippen LogP contribution >= 0.6 is 0 Å². The molecule has 1 aromatic carbocycles. The standard InChI is InChI=1S/C26H35N5O6Si/c1-17(37-38(6,7)26(2,3)4)22(30(5)25(35)36-16-18-11-9-8-10-12-18)23(32)29-21-14-13-20-19(28-21)15-27-31(20)24(33)34/h8-15,17,22H,16H2,1-7H3,(H,33,34)(H,28,29,32). The molecule has 3 aromatic rings. The molecular formula is C26H35N5O6Si. The predicted molar refractivity (Wildman–Crippen MR) is 146 cm³/mol. The molecule has 2 aromatic heterocycles. The van der Waals surface area contributed by atoms with E-state index < -0.39 is 38.6 Å². The lowest BCUT2D eigenvalue weighted by atomic mass is 10.1. The lowest BCUT2D eigenvalue weighted by Crippen LogP contribution is -2.55. The van der Waals surface area contributed by atoms with Crippen molar-refractivity contribution in [3.63, 3.8) is 0 Å². The number of carboxylic acid groups (broad SMARTS) is 1. The molecule has 2 heterocycles. The van der Waals surface area contributed by atoms with Crippen molar-refractivity contribution in [3.8, 4) is 0 Å². The van der Waals surface area contributed by atoms with Crippen molar-refractivity contribution in [2.45, 2.75) is 64.6 Å². The molecule has 0 aliphatic carbocycles. The summed E-state index contributed by atoms with van der Waals surface area (Å²) in [5, 5.41) is 15.7. The second-order valence-electron chi connectivity index (χ2n) is 10.6. The first kappa shape index (κ1) is 28.8. The van der Waals surface area contributed by atoms with Gasteiger partial charge in [0, 0.05) is 7.05 Å². The SMILES string of the molecule is CC(O[Si](C)(C)C(C)(C)C)C(C(=O)Nc1ccc2c(cnn2C(=O)O)n1)N(C)C(=O)OCc1ccccc1. The van der Waals surface area contributed by atoms with E-state index in [4.69, 9.17) is 9.16 Å². The van der Waals surface area contributed by atoms with Crippen LogP contribution in [0.5, 0.6) is 0 Å². The van der Waals surface area contributed by atoms with Gasteiger partial charge in [-0.1, -0.05) is 51.1 Å². The number of likely N-dealkylation sites (N-methyl/N-ethyl adjacent to an activating group) is 1. The maximum absolute atomic E-state index is 13.6. The minimum atomic E-state index is -2.31. The number of aromatic nitrogens is 3. The number of pyridine rings is 1. The fourth-order valence-corrected chi connectivity index (χ4v) is 5.10. The Morgan fingerprint density at radius 3 is 2.39 bits per heavy atom. The van der Waals surface area contributed by atoms with Gasteiger partial charge < -0.3 is 19.6 Å². The van der Waals surface area contributed by atoms with Crippen molar-refractivity contribution in [2.24, 2.45) is 0 Å². The number of rotatable bonds is 8. The summed E-state index contributed by atoms with van der Waals surface area (Å²) in [5.41, 5.74) is 1.39. The average Bonchev–Trinajstić information content (AvgIpc) is 3.25. The molecule has 2 N–H and O–H groups in total. The van der Waals surface area contributed by atoms with Crippen LogP contribution in [0.2, 0.25) is 18.1 Å². The van der Waals surface area contributed by atoms with E-state index in [1.807, 2.05) is 30.3 Å². The second kappa shape index (κ2) is 11.3. The number of amides is 2. The van der Waals surface area contributed by atoms with Crippen molar-refractivity contribution >= 4 is 43.3 Å². The van der Waals surface area contributed by atoms with E-state index in [1.54, 1.807) is 6.92 Å². The lowest BCUT2D eigenvalue weighted by molar-refractivity contribution is -0.123. The summed E-state index contributed by atoms with van der Waals surface area (Å²) in [6.07, 6.45) is -1.28. The molecule has 2 amide bonds. The number of carbonyl (C=O) groups is 3. The maximum atomic E-state index is 13.6. The maximum Gasteiger partial charge on any atom is 0.432 e. The Labute approximate surface area is 222 Å². The number of anilines is 1. The Morgan fingerprint density at radius 1 is 1.13 bits per heavy atom. The average molecular weight is 542 g/mol. The van der Waals surface area contributed by atoms with E-state index in [-0.39, 0.29) is 23.0 Å². The fraction of sp³-hybridized carbons (Fsp3) is 0.423. The van der Waals surface area contributed by atoms with Crippen LogP contribution in [0.1, 0.15) is 33.3 Å². The molecule has 0 saturated carbocycles. The van der Waals surface area contributed by atoms with Gasteiger partial charge >= 0.3 is 12.2 Å². The Kier molecular flexibility index (Phi) is 8.57. The van der Waals surface area contributed by atoms with Gasteiger partial charge in [0.05, 0.1) is 17.8 Å². The van der Waals surface area contributed by atoms with Crippen LogP contribution in [0.3, 0.4) is 0 Å². The molecule has 0 fully saturated rings. The minimum Gasteiger partial charge on any atom is -0.463 e. The number of ether oxygens (including phenoxy) is 1. The number of hydrogen-bond donors (Lipinski definition) is 2. The molecule has 38 heavy (non-hydrogen) atoms. The van der Waals surface area contributed by atoms with Gasteiger partial charge in [0.2, 0.25) is 0 Å². The highest BCUT2D eigenvalue weighted by Crippen LogP contribution is 2.38. The topological polar surface area (TPSA) is 136 Å². The molecule has 12 heteroatoms. The van der Waals surface area contributed by atoms with Crippen LogP contribution in [0, 0.1) is 0 Å². The third-order valence-electron chi connectivity index (χ3n) is 6.77. The third kappa shape index (κ3) is 6.56. The minimum absolute atomic E-state index is 0.0572. The van der Waals surface area contributed by atoms with Crippen LogP contribution in [-0.2, 0) is 20.6 Å². The summed E-state index contributed by atoms with van der Waals surface area (Å²) >= 11 is 0. The lowest BCUT2D eigenvalue weighted by Gasteiger charge is -2.41. The van der Waals surface area contributed by atoms with Crippen LogP contribution in [0.4, 0.5) is 15.4 Å². The number of hydrogen-bond acceptors (Lipinski definition) is 7. The smallest absolute Gasteiger partial charge is 0.432 e. The van der Waals surface area contributed by atoms with Crippen LogP contribution in [0.25, 0.3) is 11.0 Å². The summed E-state index contributed by atoms with van der Waals surface area (Å²) in [7, 11) is -0.809. The Bertz CT molecular complexity index is 1300. The van der Waals surface area contributed by atoms with Gasteiger partial charge in [0.15, 0.2) is 8.32 Å². The largest absolute Gasteiger partial charge is 0.463 e. The Hall–Kier alpha value is -3.77. The molecular weight excluding hydrogens is 506 g/mol. The highest BCUT2D eigenvalue weighted by Gasteiger charge is 2.43. The van der Waals surface area contributed by atoms with E-state index in [0.29, 0.717) is 5.52 Å². The van der Waals surface area contributed by atoms with Crippen LogP contribution in [0.15, 0.2) is 48.7 Å². The zero-order chi connectivity index (χ0) is 28.3. The molecule has 0 aliphatic heterocycles. The number of nitrogens with one attached hydrogen (secondary N) is 1. The Balaban J connectivity index is 1.85. The summed E-state index contributed by atoms with van der Waals surface area (Å²) in [6.45, 7) is 12.2. The molecule has 0 radical (unpaired) electrons. The first-order valence-electron chi connectivity index (χ1n) is 12.2. The van der Waals surface area contributed by atoms with E-state index in [2.05, 4.69) is 49.3 Å². The highest BCUT2D eigenvalue weighted by atomic mass is 28.4. The number of carbonyl (C=O) groups excluding carboxylic acids is 2. The van der Waals surface area contributed by atoms with Crippen molar-refractivity contribution < 1.29 is 28.7 Å². The normalized spacial score (nSPS) is 13.6. The van der Waals surface area contributed by atoms with E-state index in [0.717, 1.165) is 10.2 Å². The molecule has 2 atom stereocenters. The molecule has 0 saturated heterocycles. The Morgan fingerprint density at radius 2 is 1.79 bits per heavy atom. The number of nitrogens with zero attached hydrogens (tertiary/aromatic N) is 4. The first-order chi connectivity index (χ1) is 17.7. The molecule has 0 bridgehead atoms. The van der Waals surface area contributed by atoms with Crippen molar-refractivity contribution in [2.75, 3.05) is 12.4 Å². The second-order valence-corrected chi connectivity index (χ2v) is 15.4. The zero-order valence-corrected chi connectivity index (χ0v) is 23.8. The summed E-state index contributed by atoms with van der Waals surface area (Å²) in [4.78, 5) is 43.5. The van der Waals surface area contributed by atoms with Gasteiger partial charge in [0.1, 0.15) is 24.0 Å². The molecule has 204 valence electrons. The van der Waals surface area contributed by atoms with Gasteiger partial charge in [-0.15, -0.1) is 0 Å². The number of benzene rings is 1. The van der Waals surface area contributed by atoms with Gasteiger partial charge in [0.25, 0.3) is 5.91 Å². The molecule has 11 nitrogen and oxygen atoms in total. The number of fused-ring (bicyclic) bond motifs is 1. The van der Waals surface area contributed by atoms with E-state index >= 15 is 0 Å². The monoisotopic (exact) mass is 541 g/mol. The van der Waals surface area contributed by atoms with Crippen molar-refractivity contribution in [1.82, 2.24) is 19.7 Å². The van der Waals surface area contributed by atoms with Gasteiger partial charge in [-0.3, -0.25) is 9.69 Å². The summed E-state index contributed by atoms with van der Waals surface area (Å²) < 4.78 is 12.8.